The van der Waals surface area contributed by atoms with E-state index in [0.29, 0.717) is 19.3 Å². The van der Waals surface area contributed by atoms with E-state index < -0.39 is 17.9 Å². The Morgan fingerprint density at radius 2 is 1.15 bits per heavy atom. The molecule has 0 unspecified atom stereocenters. The van der Waals surface area contributed by atoms with Crippen LogP contribution in [0.3, 0.4) is 0 Å². The van der Waals surface area contributed by atoms with Gasteiger partial charge in [-0.2, -0.15) is 6.08 Å². The summed E-state index contributed by atoms with van der Waals surface area (Å²) >= 11 is 0. The van der Waals surface area contributed by atoms with Crippen LogP contribution in [0.25, 0.3) is 0 Å². The van der Waals surface area contributed by atoms with Crippen LogP contribution >= 0.6 is 0 Å². The third kappa shape index (κ3) is 34.0. The average molecular weight is 405 g/mol. The van der Waals surface area contributed by atoms with Crippen molar-refractivity contribution in [3.63, 3.8) is 0 Å². The van der Waals surface area contributed by atoms with E-state index in [1.807, 2.05) is 20.8 Å². The van der Waals surface area contributed by atoms with E-state index >= 15 is 0 Å². The Morgan fingerprint density at radius 1 is 0.846 bits per heavy atom. The molecule has 0 amide bonds. The van der Waals surface area contributed by atoms with Gasteiger partial charge in [0.1, 0.15) is 0 Å². The Hall–Kier alpha value is -1.40. The summed E-state index contributed by atoms with van der Waals surface area (Å²) < 4.78 is 0. The van der Waals surface area contributed by atoms with Crippen LogP contribution in [0.2, 0.25) is 0 Å². The molecule has 150 valence electrons. The molecule has 7 heteroatoms. The van der Waals surface area contributed by atoms with E-state index in [2.05, 4.69) is 26.0 Å². The van der Waals surface area contributed by atoms with Crippen LogP contribution in [-0.4, -0.2) is 33.2 Å². The van der Waals surface area contributed by atoms with Crippen molar-refractivity contribution in [2.75, 3.05) is 0 Å². The van der Waals surface area contributed by atoms with Crippen molar-refractivity contribution in [1.29, 1.82) is 0 Å². The molecule has 0 aromatic heterocycles. The quantitative estimate of drug-likeness (QED) is 0.436. The molecule has 0 bridgehead atoms. The predicted molar refractivity (Wildman–Crippen MR) is 98.4 cm³/mol. The predicted octanol–water partition coefficient (Wildman–Crippen LogP) is 4.70. The van der Waals surface area contributed by atoms with E-state index in [0.717, 1.165) is 25.7 Å². The zero-order valence-corrected chi connectivity index (χ0v) is 18.2. The van der Waals surface area contributed by atoms with Crippen molar-refractivity contribution < 1.29 is 51.4 Å². The number of aliphatic carboxylic acids is 3. The maximum absolute atomic E-state index is 9.60. The van der Waals surface area contributed by atoms with Crippen LogP contribution in [0.15, 0.2) is 17.2 Å². The summed E-state index contributed by atoms with van der Waals surface area (Å²) in [7, 11) is 0. The maximum Gasteiger partial charge on any atom is 0.303 e. The van der Waals surface area contributed by atoms with Crippen molar-refractivity contribution in [2.24, 2.45) is 0 Å². The van der Waals surface area contributed by atoms with Gasteiger partial charge in [0.25, 0.3) is 0 Å². The van der Waals surface area contributed by atoms with Crippen molar-refractivity contribution in [3.05, 3.63) is 23.3 Å². The number of carbonyl (C=O) groups is 3. The number of carboxylic acid groups (broad SMARTS) is 3. The van der Waals surface area contributed by atoms with E-state index in [1.165, 1.54) is 11.1 Å². The van der Waals surface area contributed by atoms with Crippen LogP contribution in [0.4, 0.5) is 0 Å². The smallest absolute Gasteiger partial charge is 0.303 e. The monoisotopic (exact) mass is 405 g/mol. The molecule has 1 aliphatic rings. The Labute approximate surface area is 172 Å². The zero-order chi connectivity index (χ0) is 20.3. The number of hydrogen-bond acceptors (Lipinski definition) is 3. The van der Waals surface area contributed by atoms with E-state index in [4.69, 9.17) is 15.3 Å². The minimum absolute atomic E-state index is 0. The molecule has 0 fully saturated rings. The first-order valence-electron chi connectivity index (χ1n) is 8.52. The first kappa shape index (κ1) is 32.3. The summed E-state index contributed by atoms with van der Waals surface area (Å²) in [5.74, 6) is -2.13. The van der Waals surface area contributed by atoms with Gasteiger partial charge in [-0.25, -0.2) is 11.1 Å². The van der Waals surface area contributed by atoms with E-state index in [9.17, 15) is 14.4 Å². The van der Waals surface area contributed by atoms with Gasteiger partial charge in [0.15, 0.2) is 0 Å². The molecule has 1 aliphatic carbocycles. The van der Waals surface area contributed by atoms with Crippen LogP contribution in [0.1, 0.15) is 79.6 Å². The molecule has 1 rings (SSSR count). The molecular weight excluding hydrogens is 372 g/mol. The van der Waals surface area contributed by atoms with Crippen molar-refractivity contribution in [3.8, 4) is 0 Å². The van der Waals surface area contributed by atoms with Crippen molar-refractivity contribution in [1.82, 2.24) is 0 Å². The molecule has 0 aromatic rings. The molecule has 0 saturated heterocycles. The van der Waals surface area contributed by atoms with Crippen LogP contribution in [-0.2, 0) is 36.1 Å². The molecule has 0 aromatic carbocycles. The molecule has 0 heterocycles. The minimum Gasteiger partial charge on any atom is -0.481 e. The molecule has 0 atom stereocenters. The summed E-state index contributed by atoms with van der Waals surface area (Å²) in [6.45, 7) is 9.74. The van der Waals surface area contributed by atoms with Crippen molar-refractivity contribution in [2.45, 2.75) is 79.6 Å². The normalized spacial score (nSPS) is 10.8. The number of hydrogen-bond donors (Lipinski definition) is 3. The van der Waals surface area contributed by atoms with E-state index in [1.54, 1.807) is 0 Å². The molecule has 0 aliphatic heterocycles. The van der Waals surface area contributed by atoms with Gasteiger partial charge >= 0.3 is 17.9 Å². The molecular formula is C19H33O6Ti-. The first-order chi connectivity index (χ1) is 11.6. The average Bonchev–Trinajstić information content (AvgIpc) is 2.84. The Balaban J connectivity index is -0.000000123. The summed E-state index contributed by atoms with van der Waals surface area (Å²) in [6.07, 6.45) is 9.48. The summed E-state index contributed by atoms with van der Waals surface area (Å²) in [4.78, 5) is 28.8. The minimum atomic E-state index is -0.711. The second kappa shape index (κ2) is 23.6. The van der Waals surface area contributed by atoms with Gasteiger partial charge in [-0.05, 0) is 19.3 Å². The van der Waals surface area contributed by atoms with Gasteiger partial charge in [-0.3, -0.25) is 20.5 Å². The third-order valence-corrected chi connectivity index (χ3v) is 2.76. The fraction of sp³-hybridized carbons (Fsp3) is 0.632. The summed E-state index contributed by atoms with van der Waals surface area (Å²) in [5.41, 5.74) is 2.71. The Bertz CT molecular complexity index is 387. The Morgan fingerprint density at radius 3 is 1.19 bits per heavy atom. The van der Waals surface area contributed by atoms with Gasteiger partial charge in [0, 0.05) is 41.0 Å². The molecule has 0 spiro atoms. The molecule has 0 radical (unpaired) electrons. The number of carboxylic acids is 3. The molecule has 0 saturated carbocycles. The van der Waals surface area contributed by atoms with Crippen LogP contribution in [0.5, 0.6) is 0 Å². The van der Waals surface area contributed by atoms with Gasteiger partial charge in [0.2, 0.25) is 0 Å². The van der Waals surface area contributed by atoms with Gasteiger partial charge in [0.05, 0.1) is 0 Å². The fourth-order valence-electron chi connectivity index (χ4n) is 1.29. The summed E-state index contributed by atoms with van der Waals surface area (Å²) in [6, 6.07) is 0. The van der Waals surface area contributed by atoms with Crippen molar-refractivity contribution >= 4 is 17.9 Å². The van der Waals surface area contributed by atoms with E-state index in [-0.39, 0.29) is 21.7 Å². The topological polar surface area (TPSA) is 112 Å². The van der Waals surface area contributed by atoms with Crippen LogP contribution < -0.4 is 0 Å². The van der Waals surface area contributed by atoms with Gasteiger partial charge < -0.3 is 15.3 Å². The number of rotatable bonds is 6. The third-order valence-electron chi connectivity index (χ3n) is 2.76. The second-order valence-electron chi connectivity index (χ2n) is 5.32. The fourth-order valence-corrected chi connectivity index (χ4v) is 1.29. The van der Waals surface area contributed by atoms with Crippen LogP contribution in [0, 0.1) is 6.08 Å². The maximum atomic E-state index is 9.60. The Kier molecular flexibility index (Phi) is 29.3. The first-order valence-corrected chi connectivity index (χ1v) is 8.52. The van der Waals surface area contributed by atoms with Gasteiger partial charge in [-0.15, -0.1) is 13.3 Å². The largest absolute Gasteiger partial charge is 0.481 e. The molecule has 6 nitrogen and oxygen atoms in total. The standard InChI is InChI=1S/C7H9.3C4H8O2.Ti/c1-6-4-3-5-7(6)2;3*1-2-3-4(5)6;/h4H,3H2,1-2H3;3*2-3H2,1H3,(H,5,6);/q-1;;;;. The summed E-state index contributed by atoms with van der Waals surface area (Å²) in [5, 5.41) is 23.7. The zero-order valence-electron chi connectivity index (χ0n) is 16.6. The van der Waals surface area contributed by atoms with Gasteiger partial charge in [-0.1, -0.05) is 27.7 Å². The number of allylic oxidation sites excluding steroid dienone is 4. The second-order valence-corrected chi connectivity index (χ2v) is 5.32. The molecule has 3 N–H and O–H groups in total. The molecule has 26 heavy (non-hydrogen) atoms. The SMILES string of the molecule is CC1=[C-]CC=C1C.CCCC(=O)O.CCCC(=O)O.CCCC(=O)O.[Ti].